The number of rotatable bonds is 4. The molecular formula is C15H13ClO4. The molecule has 0 aliphatic carbocycles. The molecule has 0 unspecified atom stereocenters. The van der Waals surface area contributed by atoms with Crippen molar-refractivity contribution in [2.75, 3.05) is 7.11 Å². The molecule has 0 spiro atoms. The third kappa shape index (κ3) is 3.03. The smallest absolute Gasteiger partial charge is 0.339 e. The van der Waals surface area contributed by atoms with Crippen LogP contribution in [0.3, 0.4) is 0 Å². The summed E-state index contributed by atoms with van der Waals surface area (Å²) in [6.07, 6.45) is 0. The van der Waals surface area contributed by atoms with E-state index < -0.39 is 5.97 Å². The monoisotopic (exact) mass is 292 g/mol. The highest BCUT2D eigenvalue weighted by Crippen LogP contribution is 2.34. The maximum absolute atomic E-state index is 11.2. The summed E-state index contributed by atoms with van der Waals surface area (Å²) >= 11 is 6.05. The number of methoxy groups -OCH3 is 1. The summed E-state index contributed by atoms with van der Waals surface area (Å²) in [5.41, 5.74) is 1.01. The predicted octanol–water partition coefficient (Wildman–Crippen LogP) is 4.15. The topological polar surface area (TPSA) is 55.8 Å². The third-order valence-corrected chi connectivity index (χ3v) is 3.04. The molecule has 0 aliphatic heterocycles. The zero-order chi connectivity index (χ0) is 14.7. The van der Waals surface area contributed by atoms with Crippen molar-refractivity contribution >= 4 is 17.6 Å². The minimum absolute atomic E-state index is 0.0448. The number of aryl methyl sites for hydroxylation is 1. The second kappa shape index (κ2) is 5.84. The summed E-state index contributed by atoms with van der Waals surface area (Å²) < 4.78 is 10.7. The average Bonchev–Trinajstić information content (AvgIpc) is 2.42. The fraction of sp³-hybridized carbons (Fsp3) is 0.133. The van der Waals surface area contributed by atoms with Gasteiger partial charge in [0.1, 0.15) is 22.8 Å². The molecule has 5 heteroatoms. The van der Waals surface area contributed by atoms with Crippen LogP contribution in [0.15, 0.2) is 36.4 Å². The van der Waals surface area contributed by atoms with Gasteiger partial charge in [0.05, 0.1) is 12.1 Å². The number of ether oxygens (including phenoxy) is 2. The van der Waals surface area contributed by atoms with E-state index in [4.69, 9.17) is 21.1 Å². The Morgan fingerprint density at radius 2 is 1.90 bits per heavy atom. The lowest BCUT2D eigenvalue weighted by Gasteiger charge is -2.12. The first kappa shape index (κ1) is 14.2. The Morgan fingerprint density at radius 3 is 2.55 bits per heavy atom. The van der Waals surface area contributed by atoms with E-state index in [9.17, 15) is 9.90 Å². The Hall–Kier alpha value is -2.20. The van der Waals surface area contributed by atoms with E-state index in [0.717, 1.165) is 5.56 Å². The van der Waals surface area contributed by atoms with Crippen LogP contribution in [0.4, 0.5) is 0 Å². The van der Waals surface area contributed by atoms with E-state index in [1.54, 1.807) is 18.2 Å². The molecule has 0 aromatic heterocycles. The number of aromatic carboxylic acids is 1. The van der Waals surface area contributed by atoms with E-state index in [1.807, 2.05) is 13.0 Å². The first-order chi connectivity index (χ1) is 9.51. The van der Waals surface area contributed by atoms with Crippen LogP contribution >= 0.6 is 11.6 Å². The number of halogens is 1. The molecule has 0 saturated carbocycles. The van der Waals surface area contributed by atoms with Gasteiger partial charge in [-0.15, -0.1) is 0 Å². The Morgan fingerprint density at radius 1 is 1.15 bits per heavy atom. The first-order valence-corrected chi connectivity index (χ1v) is 6.24. The lowest BCUT2D eigenvalue weighted by molar-refractivity contribution is 0.0694. The van der Waals surface area contributed by atoms with Crippen LogP contribution in [-0.4, -0.2) is 18.2 Å². The quantitative estimate of drug-likeness (QED) is 0.920. The molecule has 0 aliphatic rings. The number of hydrogen-bond acceptors (Lipinski definition) is 3. The minimum atomic E-state index is -1.08. The SMILES string of the molecule is COc1ccc(C(=O)O)c(Oc2cc(C)ccc2Cl)c1. The van der Waals surface area contributed by atoms with Gasteiger partial charge in [0, 0.05) is 6.07 Å². The summed E-state index contributed by atoms with van der Waals surface area (Å²) in [6.45, 7) is 1.90. The van der Waals surface area contributed by atoms with E-state index in [-0.39, 0.29) is 11.3 Å². The second-order valence-corrected chi connectivity index (χ2v) is 4.61. The summed E-state index contributed by atoms with van der Waals surface area (Å²) in [6, 6.07) is 9.80. The summed E-state index contributed by atoms with van der Waals surface area (Å²) in [5.74, 6) is 0.0203. The van der Waals surface area contributed by atoms with Gasteiger partial charge in [-0.05, 0) is 36.8 Å². The number of hydrogen-bond donors (Lipinski definition) is 1. The van der Waals surface area contributed by atoms with Crippen molar-refractivity contribution in [2.45, 2.75) is 6.92 Å². The fourth-order valence-electron chi connectivity index (χ4n) is 1.70. The fourth-order valence-corrected chi connectivity index (χ4v) is 1.85. The largest absolute Gasteiger partial charge is 0.497 e. The van der Waals surface area contributed by atoms with Crippen molar-refractivity contribution < 1.29 is 19.4 Å². The standard InChI is InChI=1S/C15H13ClO4/c1-9-3-6-12(16)14(7-9)20-13-8-10(19-2)4-5-11(13)15(17)18/h3-8H,1-2H3,(H,17,18). The highest BCUT2D eigenvalue weighted by Gasteiger charge is 2.14. The molecule has 0 atom stereocenters. The van der Waals surface area contributed by atoms with Gasteiger partial charge in [-0.1, -0.05) is 17.7 Å². The number of benzene rings is 2. The molecule has 0 heterocycles. The maximum atomic E-state index is 11.2. The van der Waals surface area contributed by atoms with Crippen LogP contribution in [0.2, 0.25) is 5.02 Å². The van der Waals surface area contributed by atoms with Crippen LogP contribution in [0.5, 0.6) is 17.2 Å². The van der Waals surface area contributed by atoms with Crippen LogP contribution < -0.4 is 9.47 Å². The Balaban J connectivity index is 2.45. The molecular weight excluding hydrogens is 280 g/mol. The lowest BCUT2D eigenvalue weighted by atomic mass is 10.2. The zero-order valence-corrected chi connectivity index (χ0v) is 11.8. The van der Waals surface area contributed by atoms with Gasteiger partial charge in [0.2, 0.25) is 0 Å². The molecule has 1 N–H and O–H groups in total. The number of carbonyl (C=O) groups is 1. The normalized spacial score (nSPS) is 10.2. The molecule has 0 bridgehead atoms. The zero-order valence-electron chi connectivity index (χ0n) is 11.0. The summed E-state index contributed by atoms with van der Waals surface area (Å²) in [4.78, 5) is 11.2. The highest BCUT2D eigenvalue weighted by molar-refractivity contribution is 6.32. The van der Waals surface area contributed by atoms with Crippen molar-refractivity contribution in [3.05, 3.63) is 52.5 Å². The Kier molecular flexibility index (Phi) is 4.15. The van der Waals surface area contributed by atoms with Gasteiger partial charge in [-0.2, -0.15) is 0 Å². The van der Waals surface area contributed by atoms with Crippen LogP contribution in [0.1, 0.15) is 15.9 Å². The van der Waals surface area contributed by atoms with Crippen molar-refractivity contribution in [1.29, 1.82) is 0 Å². The predicted molar refractivity (Wildman–Crippen MR) is 76.2 cm³/mol. The van der Waals surface area contributed by atoms with Crippen molar-refractivity contribution in [3.8, 4) is 17.2 Å². The molecule has 2 aromatic carbocycles. The molecule has 0 radical (unpaired) electrons. The lowest BCUT2D eigenvalue weighted by Crippen LogP contribution is -2.00. The van der Waals surface area contributed by atoms with Crippen LogP contribution in [0, 0.1) is 6.92 Å². The number of carboxylic acid groups (broad SMARTS) is 1. The van der Waals surface area contributed by atoms with Crippen LogP contribution in [-0.2, 0) is 0 Å². The van der Waals surface area contributed by atoms with E-state index >= 15 is 0 Å². The minimum Gasteiger partial charge on any atom is -0.497 e. The van der Waals surface area contributed by atoms with Gasteiger partial charge >= 0.3 is 5.97 Å². The molecule has 0 fully saturated rings. The summed E-state index contributed by atoms with van der Waals surface area (Å²) in [7, 11) is 1.50. The molecule has 20 heavy (non-hydrogen) atoms. The summed E-state index contributed by atoms with van der Waals surface area (Å²) in [5, 5.41) is 9.59. The second-order valence-electron chi connectivity index (χ2n) is 4.20. The molecule has 2 aromatic rings. The van der Waals surface area contributed by atoms with Crippen molar-refractivity contribution in [3.63, 3.8) is 0 Å². The van der Waals surface area contributed by atoms with Gasteiger partial charge in [-0.25, -0.2) is 4.79 Å². The Bertz CT molecular complexity index is 652. The van der Waals surface area contributed by atoms with E-state index in [2.05, 4.69) is 0 Å². The van der Waals surface area contributed by atoms with Crippen molar-refractivity contribution in [1.82, 2.24) is 0 Å². The van der Waals surface area contributed by atoms with Crippen molar-refractivity contribution in [2.24, 2.45) is 0 Å². The first-order valence-electron chi connectivity index (χ1n) is 5.86. The Labute approximate surface area is 121 Å². The molecule has 104 valence electrons. The molecule has 4 nitrogen and oxygen atoms in total. The number of carboxylic acids is 1. The van der Waals surface area contributed by atoms with Gasteiger partial charge in [-0.3, -0.25) is 0 Å². The van der Waals surface area contributed by atoms with E-state index in [0.29, 0.717) is 16.5 Å². The van der Waals surface area contributed by atoms with Gasteiger partial charge < -0.3 is 14.6 Å². The molecule has 2 rings (SSSR count). The molecule has 0 amide bonds. The average molecular weight is 293 g/mol. The maximum Gasteiger partial charge on any atom is 0.339 e. The van der Waals surface area contributed by atoms with Gasteiger partial charge in [0.15, 0.2) is 0 Å². The third-order valence-electron chi connectivity index (χ3n) is 2.73. The van der Waals surface area contributed by atoms with Crippen LogP contribution in [0.25, 0.3) is 0 Å². The highest BCUT2D eigenvalue weighted by atomic mass is 35.5. The van der Waals surface area contributed by atoms with E-state index in [1.165, 1.54) is 19.2 Å². The van der Waals surface area contributed by atoms with Gasteiger partial charge in [0.25, 0.3) is 0 Å². The molecule has 0 saturated heterocycles.